The second-order valence-electron chi connectivity index (χ2n) is 5.02. The molecule has 0 spiro atoms. The lowest BCUT2D eigenvalue weighted by atomic mass is 10.0. The smallest absolute Gasteiger partial charge is 0.245 e. The van der Waals surface area contributed by atoms with E-state index in [0.717, 1.165) is 25.1 Å². The van der Waals surface area contributed by atoms with Crippen molar-refractivity contribution >= 4 is 17.4 Å². The quantitative estimate of drug-likeness (QED) is 0.931. The van der Waals surface area contributed by atoms with Gasteiger partial charge in [-0.25, -0.2) is 0 Å². The maximum absolute atomic E-state index is 12.1. The van der Waals surface area contributed by atoms with E-state index in [1.807, 2.05) is 12.1 Å². The zero-order chi connectivity index (χ0) is 13.9. The number of nitrogens with one attached hydrogen (secondary N) is 1. The van der Waals surface area contributed by atoms with Crippen LogP contribution in [0.5, 0.6) is 0 Å². The van der Waals surface area contributed by atoms with Gasteiger partial charge in [-0.3, -0.25) is 4.79 Å². The number of fused-ring (bicyclic) bond motifs is 1. The van der Waals surface area contributed by atoms with Crippen molar-refractivity contribution < 1.29 is 9.32 Å². The molecule has 1 N–H and O–H groups in total. The normalized spacial score (nSPS) is 13.9. The van der Waals surface area contributed by atoms with Crippen LogP contribution in [0.1, 0.15) is 17.7 Å². The fourth-order valence-corrected chi connectivity index (χ4v) is 2.56. The number of nitrogens with zero attached hydrogens (tertiary/aromatic N) is 2. The maximum Gasteiger partial charge on any atom is 0.245 e. The number of rotatable bonds is 3. The summed E-state index contributed by atoms with van der Waals surface area (Å²) in [6, 6.07) is 9.96. The minimum absolute atomic E-state index is 0.0741. The number of benzene rings is 1. The third-order valence-corrected chi connectivity index (χ3v) is 3.44. The SMILES string of the molecule is Cc1cc(NC(=O)CN2CCCc3ccccc32)no1. The Kier molecular flexibility index (Phi) is 3.41. The van der Waals surface area contributed by atoms with Crippen LogP contribution in [-0.4, -0.2) is 24.2 Å². The first-order valence-corrected chi connectivity index (χ1v) is 6.78. The fraction of sp³-hybridized carbons (Fsp3) is 0.333. The lowest BCUT2D eigenvalue weighted by Gasteiger charge is -2.30. The number of anilines is 2. The Balaban J connectivity index is 1.68. The number of hydrogen-bond donors (Lipinski definition) is 1. The summed E-state index contributed by atoms with van der Waals surface area (Å²) < 4.78 is 4.93. The summed E-state index contributed by atoms with van der Waals surface area (Å²) in [7, 11) is 0. The van der Waals surface area contributed by atoms with Crippen molar-refractivity contribution in [3.63, 3.8) is 0 Å². The van der Waals surface area contributed by atoms with E-state index < -0.39 is 0 Å². The summed E-state index contributed by atoms with van der Waals surface area (Å²) in [5, 5.41) is 6.52. The molecule has 1 aliphatic heterocycles. The van der Waals surface area contributed by atoms with Crippen molar-refractivity contribution in [3.8, 4) is 0 Å². The molecule has 0 saturated carbocycles. The van der Waals surface area contributed by atoms with Gasteiger partial charge >= 0.3 is 0 Å². The van der Waals surface area contributed by atoms with Gasteiger partial charge in [-0.05, 0) is 31.4 Å². The van der Waals surface area contributed by atoms with Crippen LogP contribution in [0.2, 0.25) is 0 Å². The zero-order valence-corrected chi connectivity index (χ0v) is 11.4. The number of amides is 1. The molecule has 0 radical (unpaired) electrons. The molecular weight excluding hydrogens is 254 g/mol. The highest BCUT2D eigenvalue weighted by Crippen LogP contribution is 2.26. The molecule has 0 atom stereocenters. The van der Waals surface area contributed by atoms with Crippen LogP contribution in [0, 0.1) is 6.92 Å². The molecule has 0 fully saturated rings. The lowest BCUT2D eigenvalue weighted by Crippen LogP contribution is -2.36. The number of aromatic nitrogens is 1. The largest absolute Gasteiger partial charge is 0.362 e. The molecule has 0 aliphatic carbocycles. The Morgan fingerprint density at radius 1 is 1.45 bits per heavy atom. The van der Waals surface area contributed by atoms with Crippen LogP contribution in [-0.2, 0) is 11.2 Å². The second kappa shape index (κ2) is 5.36. The van der Waals surface area contributed by atoms with E-state index >= 15 is 0 Å². The Labute approximate surface area is 117 Å². The van der Waals surface area contributed by atoms with E-state index in [1.165, 1.54) is 5.56 Å². The zero-order valence-electron chi connectivity index (χ0n) is 11.4. The van der Waals surface area contributed by atoms with Gasteiger partial charge in [-0.1, -0.05) is 23.4 Å². The van der Waals surface area contributed by atoms with E-state index in [9.17, 15) is 4.79 Å². The van der Waals surface area contributed by atoms with Gasteiger partial charge in [-0.15, -0.1) is 0 Å². The summed E-state index contributed by atoms with van der Waals surface area (Å²) >= 11 is 0. The molecule has 0 bridgehead atoms. The number of para-hydroxylation sites is 1. The van der Waals surface area contributed by atoms with Crippen molar-refractivity contribution in [1.29, 1.82) is 0 Å². The van der Waals surface area contributed by atoms with Gasteiger partial charge in [-0.2, -0.15) is 0 Å². The van der Waals surface area contributed by atoms with Crippen LogP contribution in [0.3, 0.4) is 0 Å². The Morgan fingerprint density at radius 2 is 2.30 bits per heavy atom. The Morgan fingerprint density at radius 3 is 3.10 bits per heavy atom. The summed E-state index contributed by atoms with van der Waals surface area (Å²) in [6.07, 6.45) is 2.16. The number of carbonyl (C=O) groups is 1. The molecular formula is C15H17N3O2. The first-order valence-electron chi connectivity index (χ1n) is 6.78. The van der Waals surface area contributed by atoms with E-state index in [1.54, 1.807) is 13.0 Å². The predicted octanol–water partition coefficient (Wildman–Crippen LogP) is 2.37. The molecule has 3 rings (SSSR count). The van der Waals surface area contributed by atoms with E-state index in [4.69, 9.17) is 4.52 Å². The van der Waals surface area contributed by atoms with Gasteiger partial charge in [0.05, 0.1) is 6.54 Å². The Hall–Kier alpha value is -2.30. The van der Waals surface area contributed by atoms with Crippen molar-refractivity contribution in [2.75, 3.05) is 23.3 Å². The minimum Gasteiger partial charge on any atom is -0.362 e. The van der Waals surface area contributed by atoms with Gasteiger partial charge in [0.2, 0.25) is 5.91 Å². The molecule has 5 heteroatoms. The monoisotopic (exact) mass is 271 g/mol. The van der Waals surface area contributed by atoms with E-state index in [2.05, 4.69) is 27.5 Å². The van der Waals surface area contributed by atoms with Crippen molar-refractivity contribution in [1.82, 2.24) is 5.16 Å². The van der Waals surface area contributed by atoms with Gasteiger partial charge in [0.1, 0.15) is 5.76 Å². The van der Waals surface area contributed by atoms with Crippen LogP contribution >= 0.6 is 0 Å². The van der Waals surface area contributed by atoms with Gasteiger partial charge in [0, 0.05) is 18.3 Å². The van der Waals surface area contributed by atoms with Crippen molar-refractivity contribution in [2.24, 2.45) is 0 Å². The number of hydrogen-bond acceptors (Lipinski definition) is 4. The summed E-state index contributed by atoms with van der Waals surface area (Å²) in [5.41, 5.74) is 2.47. The molecule has 104 valence electrons. The number of carbonyl (C=O) groups excluding carboxylic acids is 1. The first kappa shape index (κ1) is 12.7. The number of aryl methyl sites for hydroxylation is 2. The molecule has 20 heavy (non-hydrogen) atoms. The fourth-order valence-electron chi connectivity index (χ4n) is 2.56. The molecule has 1 aliphatic rings. The molecule has 2 aromatic rings. The summed E-state index contributed by atoms with van der Waals surface area (Å²) in [4.78, 5) is 14.2. The van der Waals surface area contributed by atoms with E-state index in [-0.39, 0.29) is 5.91 Å². The third kappa shape index (κ3) is 2.66. The minimum atomic E-state index is -0.0741. The van der Waals surface area contributed by atoms with Crippen molar-refractivity contribution in [2.45, 2.75) is 19.8 Å². The third-order valence-electron chi connectivity index (χ3n) is 3.44. The molecule has 1 amide bonds. The highest BCUT2D eigenvalue weighted by atomic mass is 16.5. The average molecular weight is 271 g/mol. The first-order chi connectivity index (χ1) is 9.72. The maximum atomic E-state index is 12.1. The molecule has 5 nitrogen and oxygen atoms in total. The van der Waals surface area contributed by atoms with Crippen LogP contribution in [0.15, 0.2) is 34.9 Å². The standard InChI is InChI=1S/C15H17N3O2/c1-11-9-14(17-20-11)16-15(19)10-18-8-4-6-12-5-2-3-7-13(12)18/h2-3,5,7,9H,4,6,8,10H2,1H3,(H,16,17,19). The highest BCUT2D eigenvalue weighted by Gasteiger charge is 2.19. The summed E-state index contributed by atoms with van der Waals surface area (Å²) in [6.45, 7) is 3.04. The Bertz CT molecular complexity index is 621. The highest BCUT2D eigenvalue weighted by molar-refractivity contribution is 5.93. The van der Waals surface area contributed by atoms with E-state index in [0.29, 0.717) is 18.1 Å². The lowest BCUT2D eigenvalue weighted by molar-refractivity contribution is -0.115. The topological polar surface area (TPSA) is 58.4 Å². The molecule has 1 aromatic heterocycles. The second-order valence-corrected chi connectivity index (χ2v) is 5.02. The van der Waals surface area contributed by atoms with Gasteiger partial charge in [0.15, 0.2) is 5.82 Å². The van der Waals surface area contributed by atoms with Gasteiger partial charge in [0.25, 0.3) is 0 Å². The van der Waals surface area contributed by atoms with Crippen LogP contribution < -0.4 is 10.2 Å². The van der Waals surface area contributed by atoms with Gasteiger partial charge < -0.3 is 14.7 Å². The molecule has 1 aromatic carbocycles. The van der Waals surface area contributed by atoms with Crippen molar-refractivity contribution in [3.05, 3.63) is 41.7 Å². The molecule has 2 heterocycles. The van der Waals surface area contributed by atoms with Crippen LogP contribution in [0.4, 0.5) is 11.5 Å². The summed E-state index contributed by atoms with van der Waals surface area (Å²) in [5.74, 6) is 1.08. The van der Waals surface area contributed by atoms with Crippen LogP contribution in [0.25, 0.3) is 0 Å². The predicted molar refractivity (Wildman–Crippen MR) is 76.8 cm³/mol. The molecule has 0 unspecified atom stereocenters. The average Bonchev–Trinajstić information content (AvgIpc) is 2.84. The molecule has 0 saturated heterocycles.